The van der Waals surface area contributed by atoms with Gasteiger partial charge in [0, 0.05) is 126 Å². The van der Waals surface area contributed by atoms with Crippen molar-refractivity contribution >= 4 is 154 Å². The van der Waals surface area contributed by atoms with Crippen LogP contribution in [0.25, 0.3) is 66.1 Å². The Hall–Kier alpha value is -11.1. The van der Waals surface area contributed by atoms with Crippen molar-refractivity contribution in [1.29, 1.82) is 0 Å². The maximum atomic E-state index is 13.6. The van der Waals surface area contributed by atoms with Crippen molar-refractivity contribution in [2.24, 2.45) is 21.1 Å². The zero-order valence-electron chi connectivity index (χ0n) is 58.5. The molecule has 540 valence electrons. The van der Waals surface area contributed by atoms with Gasteiger partial charge in [0.05, 0.1) is 122 Å². The summed E-state index contributed by atoms with van der Waals surface area (Å²) in [6.45, 7) is 9.10. The lowest BCUT2D eigenvalue weighted by Gasteiger charge is -2.18. The average Bonchev–Trinajstić information content (AvgIpc) is 0.758. The number of methoxy groups -OCH3 is 6. The Kier molecular flexibility index (Phi) is 23.6. The molecule has 0 aliphatic heterocycles. The number of halogens is 6. The van der Waals surface area contributed by atoms with Gasteiger partial charge in [-0.2, -0.15) is 0 Å². The second-order valence-electron chi connectivity index (χ2n) is 23.5. The zero-order valence-corrected chi connectivity index (χ0v) is 63.0. The number of hydrogen-bond donors (Lipinski definition) is 4. The van der Waals surface area contributed by atoms with Gasteiger partial charge in [0.1, 0.15) is 57.6 Å². The first-order valence-corrected chi connectivity index (χ1v) is 33.9. The number of rotatable bonds is 19. The van der Waals surface area contributed by atoms with Crippen molar-refractivity contribution < 1.29 is 38.1 Å². The number of anilines is 7. The Bertz CT molecular complexity index is 5630. The first kappa shape index (κ1) is 76.6. The van der Waals surface area contributed by atoms with Crippen molar-refractivity contribution in [2.75, 3.05) is 64.3 Å². The number of para-hydroxylation sites is 5. The number of carbonyl (C=O) groups is 1. The van der Waals surface area contributed by atoms with Crippen LogP contribution in [0, 0.1) is 30.9 Å². The number of hydrogen-bond acceptors (Lipinski definition) is 19. The molecule has 0 saturated heterocycles. The standard InChI is InChI=1S/C28H25Cl2N3O4.C24H20Cl2N4O5.C24H22Cl2N4O3/c1-6-18(34)11-16-9-7-8-10-20(16)32-27-15(2)26-17(14-31-27)12-19(28(35)33(26)3)23-24(29)21(36-4)13-22(37-5)25(23)30;1-12-22-13(11-27-23(12)28-15-7-5-6-8-16(15)30(32)33)9-14(24(31)29(22)2)19-20(25)17(34-3)10-18(35-4)21(19)26;1-12-22-13(11-28-23(12)29-16-8-6-5-7-15(16)27)9-14(24(31)30(22)2)19-20(25)17(32-3)10-18(33-4)21(19)26/h6-10,12-14H,1,11H2,2-5H3,(H,31,32);5-11H,1-4H3,(H,27,28);5-11H,27H2,1-4H3,(H,28,29). The molecule has 0 unspecified atom stereocenters. The van der Waals surface area contributed by atoms with E-state index >= 15 is 0 Å². The molecular formula is C76H67Cl6N11O12. The van der Waals surface area contributed by atoms with Gasteiger partial charge < -0.3 is 63.8 Å². The molecule has 0 aliphatic rings. The second-order valence-corrected chi connectivity index (χ2v) is 25.7. The van der Waals surface area contributed by atoms with Crippen LogP contribution in [0.15, 0.2) is 155 Å². The Morgan fingerprint density at radius 1 is 0.486 bits per heavy atom. The van der Waals surface area contributed by atoms with Gasteiger partial charge >= 0.3 is 0 Å². The number of nitrogens with zero attached hydrogens (tertiary/aromatic N) is 7. The number of allylic oxidation sites excluding steroid dienone is 1. The molecule has 0 bridgehead atoms. The Morgan fingerprint density at radius 3 is 1.10 bits per heavy atom. The van der Waals surface area contributed by atoms with Crippen molar-refractivity contribution in [1.82, 2.24) is 28.7 Å². The van der Waals surface area contributed by atoms with E-state index in [-0.39, 0.29) is 87.1 Å². The van der Waals surface area contributed by atoms with E-state index in [0.29, 0.717) is 102 Å². The molecule has 6 aromatic heterocycles. The van der Waals surface area contributed by atoms with E-state index in [1.165, 1.54) is 59.4 Å². The summed E-state index contributed by atoms with van der Waals surface area (Å²) in [6, 6.07) is 30.9. The van der Waals surface area contributed by atoms with E-state index in [9.17, 15) is 29.3 Å². The van der Waals surface area contributed by atoms with Crippen LogP contribution in [0.5, 0.6) is 34.5 Å². The molecule has 0 radical (unpaired) electrons. The van der Waals surface area contributed by atoms with E-state index < -0.39 is 4.92 Å². The quantitative estimate of drug-likeness (QED) is 0.0253. The Labute approximate surface area is 631 Å². The minimum absolute atomic E-state index is 0.0844. The third-order valence-corrected chi connectivity index (χ3v) is 19.7. The molecule has 6 heterocycles. The van der Waals surface area contributed by atoms with E-state index in [2.05, 4.69) is 37.5 Å². The highest BCUT2D eigenvalue weighted by atomic mass is 35.5. The smallest absolute Gasteiger partial charge is 0.292 e. The van der Waals surface area contributed by atoms with Crippen LogP contribution in [0.1, 0.15) is 22.3 Å². The fourth-order valence-electron chi connectivity index (χ4n) is 12.1. The van der Waals surface area contributed by atoms with Gasteiger partial charge in [-0.3, -0.25) is 29.3 Å². The molecule has 0 spiro atoms. The lowest BCUT2D eigenvalue weighted by molar-refractivity contribution is -0.383. The number of aromatic nitrogens is 6. The molecule has 0 saturated carbocycles. The molecule has 6 aromatic carbocycles. The molecule has 12 aromatic rings. The summed E-state index contributed by atoms with van der Waals surface area (Å²) in [4.78, 5) is 77.0. The minimum atomic E-state index is -0.476. The summed E-state index contributed by atoms with van der Waals surface area (Å²) in [5.74, 6) is 3.45. The topological polar surface area (TPSA) is 282 Å². The van der Waals surface area contributed by atoms with E-state index in [1.807, 2.05) is 56.3 Å². The molecule has 12 rings (SSSR count). The van der Waals surface area contributed by atoms with Gasteiger partial charge in [0.15, 0.2) is 5.78 Å². The van der Waals surface area contributed by atoms with Gasteiger partial charge in [-0.25, -0.2) is 15.0 Å². The predicted molar refractivity (Wildman–Crippen MR) is 420 cm³/mol. The highest BCUT2D eigenvalue weighted by Crippen LogP contribution is 2.49. The normalized spacial score (nSPS) is 10.9. The third kappa shape index (κ3) is 14.9. The van der Waals surface area contributed by atoms with E-state index in [0.717, 1.165) is 39.0 Å². The zero-order chi connectivity index (χ0) is 76.2. The number of carbonyl (C=O) groups excluding carboxylic acids is 1. The lowest BCUT2D eigenvalue weighted by atomic mass is 10.0. The van der Waals surface area contributed by atoms with Gasteiger partial charge in [-0.1, -0.05) is 119 Å². The van der Waals surface area contributed by atoms with Crippen LogP contribution in [0.3, 0.4) is 0 Å². The van der Waals surface area contributed by atoms with Gasteiger partial charge in [0.2, 0.25) is 0 Å². The molecule has 23 nitrogen and oxygen atoms in total. The van der Waals surface area contributed by atoms with Crippen LogP contribution in [0.2, 0.25) is 30.1 Å². The van der Waals surface area contributed by atoms with Crippen molar-refractivity contribution in [3.05, 3.63) is 234 Å². The number of aryl methyl sites for hydroxylation is 6. The number of fused-ring (bicyclic) bond motifs is 3. The maximum absolute atomic E-state index is 13.6. The first-order chi connectivity index (χ1) is 50.2. The van der Waals surface area contributed by atoms with Gasteiger partial charge in [-0.05, 0) is 74.9 Å². The molecule has 0 atom stereocenters. The molecule has 0 aliphatic carbocycles. The summed E-state index contributed by atoms with van der Waals surface area (Å²) in [5.41, 5.74) is 14.2. The van der Waals surface area contributed by atoms with Gasteiger partial charge in [0.25, 0.3) is 22.4 Å². The SMILES string of the molecule is C=CC(=O)Cc1ccccc1Nc1ncc2cc(-c3c(Cl)c(OC)cc(OC)c3Cl)c(=O)n(C)c2c1C.COc1cc(OC)c(Cl)c(-c2cc3cnc(Nc4ccccc4N)c(C)c3n(C)c2=O)c1Cl.COc1cc(OC)c(Cl)c(-c2cc3cnc(Nc4ccccc4[N+](=O)[O-])c(C)c3n(C)c2=O)c1Cl. The van der Waals surface area contributed by atoms with Crippen LogP contribution in [0.4, 0.5) is 45.9 Å². The lowest BCUT2D eigenvalue weighted by Crippen LogP contribution is -2.20. The Morgan fingerprint density at radius 2 is 0.781 bits per heavy atom. The van der Waals surface area contributed by atoms with Crippen LogP contribution in [-0.2, 0) is 32.4 Å². The number of ketones is 1. The largest absolute Gasteiger partial charge is 0.495 e. The molecule has 0 fully saturated rings. The van der Waals surface area contributed by atoms with E-state index in [1.54, 1.807) is 116 Å². The van der Waals surface area contributed by atoms with Crippen LogP contribution < -0.4 is 66.8 Å². The number of benzene rings is 6. The molecule has 5 N–H and O–H groups in total. The van der Waals surface area contributed by atoms with Crippen molar-refractivity contribution in [2.45, 2.75) is 27.2 Å². The predicted octanol–water partition coefficient (Wildman–Crippen LogP) is 17.7. The maximum Gasteiger partial charge on any atom is 0.292 e. The summed E-state index contributed by atoms with van der Waals surface area (Å²) >= 11 is 39.4. The number of nitrogens with one attached hydrogen (secondary N) is 3. The summed E-state index contributed by atoms with van der Waals surface area (Å²) < 4.78 is 36.7. The van der Waals surface area contributed by atoms with Crippen molar-refractivity contribution in [3.8, 4) is 67.9 Å². The summed E-state index contributed by atoms with van der Waals surface area (Å²) in [6.07, 6.45) is 6.45. The third-order valence-electron chi connectivity index (χ3n) is 17.4. The number of nitrogen functional groups attached to an aromatic ring is 1. The number of nitro groups is 1. The molecule has 29 heteroatoms. The van der Waals surface area contributed by atoms with Crippen molar-refractivity contribution in [3.63, 3.8) is 0 Å². The highest BCUT2D eigenvalue weighted by molar-refractivity contribution is 6.42. The number of ether oxygens (including phenoxy) is 6. The summed E-state index contributed by atoms with van der Waals surface area (Å²) in [7, 11) is 13.8. The number of pyridine rings is 6. The fraction of sp³-hybridized carbons (Fsp3) is 0.171. The molecule has 105 heavy (non-hydrogen) atoms. The van der Waals surface area contributed by atoms with E-state index in [4.69, 9.17) is 104 Å². The van der Waals surface area contributed by atoms with Gasteiger partial charge in [-0.15, -0.1) is 0 Å². The van der Waals surface area contributed by atoms with Crippen LogP contribution >= 0.6 is 69.6 Å². The number of nitro benzene ring substituents is 1. The number of nitrogens with two attached hydrogens (primary N) is 1. The van der Waals surface area contributed by atoms with Crippen LogP contribution in [-0.4, -0.2) is 82.0 Å². The highest BCUT2D eigenvalue weighted by Gasteiger charge is 2.28. The fourth-order valence-corrected chi connectivity index (χ4v) is 14.2. The molecule has 0 amide bonds. The second kappa shape index (κ2) is 32.3. The molecular weight excluding hydrogens is 1470 g/mol. The monoisotopic (exact) mass is 1540 g/mol. The summed E-state index contributed by atoms with van der Waals surface area (Å²) in [5, 5.41) is 24.3. The average molecular weight is 1540 g/mol. The first-order valence-electron chi connectivity index (χ1n) is 31.6. The Balaban J connectivity index is 0.000000169. The minimum Gasteiger partial charge on any atom is -0.495 e.